The number of nitrogens with zero attached hydrogens (tertiary/aromatic N) is 1. The van der Waals surface area contributed by atoms with Crippen LogP contribution in [0.5, 0.6) is 0 Å². The first-order valence-corrected chi connectivity index (χ1v) is 8.82. The van der Waals surface area contributed by atoms with Crippen LogP contribution in [0.1, 0.15) is 58.2 Å². The third-order valence-corrected chi connectivity index (χ3v) is 6.54. The van der Waals surface area contributed by atoms with E-state index in [1.165, 1.54) is 38.5 Å². The molecule has 3 unspecified atom stereocenters. The van der Waals surface area contributed by atoms with Crippen molar-refractivity contribution in [1.82, 2.24) is 15.3 Å². The van der Waals surface area contributed by atoms with Crippen LogP contribution in [0.2, 0.25) is 0 Å². The third kappa shape index (κ3) is 2.34. The summed E-state index contributed by atoms with van der Waals surface area (Å²) in [4.78, 5) is 7.80. The highest BCUT2D eigenvalue weighted by molar-refractivity contribution is 5.11. The summed E-state index contributed by atoms with van der Waals surface area (Å²) in [5.74, 6) is 3.14. The van der Waals surface area contributed by atoms with Gasteiger partial charge in [-0.25, -0.2) is 4.98 Å². The maximum atomic E-state index is 4.49. The van der Waals surface area contributed by atoms with Gasteiger partial charge in [-0.3, -0.25) is 0 Å². The first-order valence-electron chi connectivity index (χ1n) is 8.82. The second-order valence-corrected chi connectivity index (χ2v) is 8.48. The number of hydrogen-bond donors (Lipinski definition) is 2. The molecule has 116 valence electrons. The number of H-pyrrole nitrogens is 1. The maximum Gasteiger partial charge on any atom is 0.107 e. The Labute approximate surface area is 128 Å². The van der Waals surface area contributed by atoms with Crippen LogP contribution in [0.15, 0.2) is 12.4 Å². The van der Waals surface area contributed by atoms with Crippen LogP contribution in [-0.4, -0.2) is 22.6 Å². The summed E-state index contributed by atoms with van der Waals surface area (Å²) in [6.07, 6.45) is 13.8. The largest absolute Gasteiger partial charge is 0.349 e. The molecule has 2 N–H and O–H groups in total. The molecule has 3 atom stereocenters. The van der Waals surface area contributed by atoms with Crippen molar-refractivity contribution in [3.05, 3.63) is 18.2 Å². The van der Waals surface area contributed by atoms with Gasteiger partial charge in [-0.2, -0.15) is 0 Å². The molecule has 21 heavy (non-hydrogen) atoms. The first kappa shape index (κ1) is 13.8. The molecule has 0 spiro atoms. The normalized spacial score (nSPS) is 42.4. The van der Waals surface area contributed by atoms with Gasteiger partial charge in [-0.1, -0.05) is 13.8 Å². The van der Waals surface area contributed by atoms with Crippen molar-refractivity contribution in [2.45, 2.75) is 64.8 Å². The van der Waals surface area contributed by atoms with E-state index >= 15 is 0 Å². The molecule has 3 heteroatoms. The predicted octanol–water partition coefficient (Wildman–Crippen LogP) is 3.54. The number of likely N-dealkylation sites (N-methyl/N-ethyl adjacent to an activating group) is 1. The van der Waals surface area contributed by atoms with Gasteiger partial charge in [0.05, 0.1) is 0 Å². The van der Waals surface area contributed by atoms with E-state index in [2.05, 4.69) is 29.1 Å². The number of imidazole rings is 1. The monoisotopic (exact) mass is 287 g/mol. The summed E-state index contributed by atoms with van der Waals surface area (Å²) in [6.45, 7) is 5.88. The van der Waals surface area contributed by atoms with Crippen molar-refractivity contribution < 1.29 is 0 Å². The Morgan fingerprint density at radius 1 is 1.33 bits per heavy atom. The summed E-state index contributed by atoms with van der Waals surface area (Å²) < 4.78 is 0. The quantitative estimate of drug-likeness (QED) is 0.869. The summed E-state index contributed by atoms with van der Waals surface area (Å²) in [5, 5.41) is 3.84. The lowest BCUT2D eigenvalue weighted by molar-refractivity contribution is -0.118. The molecule has 1 aromatic rings. The summed E-state index contributed by atoms with van der Waals surface area (Å²) in [5.41, 5.74) is 1.16. The Balaban J connectivity index is 1.62. The molecule has 4 saturated carbocycles. The van der Waals surface area contributed by atoms with Crippen molar-refractivity contribution in [3.63, 3.8) is 0 Å². The lowest BCUT2D eigenvalue weighted by Crippen LogP contribution is -2.59. The van der Waals surface area contributed by atoms with E-state index in [1.807, 2.05) is 12.4 Å². The molecule has 1 aromatic heterocycles. The van der Waals surface area contributed by atoms with Crippen LogP contribution < -0.4 is 5.32 Å². The number of aromatic amines is 1. The van der Waals surface area contributed by atoms with Gasteiger partial charge in [0.15, 0.2) is 0 Å². The van der Waals surface area contributed by atoms with E-state index < -0.39 is 0 Å². The number of nitrogens with one attached hydrogen (secondary N) is 2. The van der Waals surface area contributed by atoms with Crippen LogP contribution in [0, 0.1) is 22.7 Å². The standard InChI is InChI=1S/C18H29N3/c1-3-19-15(7-16-20-4-5-21-16)18-10-13-6-14(11-18)9-17(2,8-13)12-18/h4-5,13-15,19H,3,6-12H2,1-2H3,(H,20,21). The van der Waals surface area contributed by atoms with Crippen molar-refractivity contribution in [2.24, 2.45) is 22.7 Å². The number of aromatic nitrogens is 2. The third-order valence-electron chi connectivity index (χ3n) is 6.54. The lowest BCUT2D eigenvalue weighted by Gasteiger charge is -2.63. The van der Waals surface area contributed by atoms with Gasteiger partial charge >= 0.3 is 0 Å². The second kappa shape index (κ2) is 4.84. The highest BCUT2D eigenvalue weighted by Gasteiger charge is 2.58. The molecule has 5 rings (SSSR count). The summed E-state index contributed by atoms with van der Waals surface area (Å²) in [6, 6.07) is 0.596. The fourth-order valence-electron chi connectivity index (χ4n) is 6.56. The van der Waals surface area contributed by atoms with Gasteiger partial charge in [0, 0.05) is 24.9 Å². The Hall–Kier alpha value is -0.830. The minimum Gasteiger partial charge on any atom is -0.349 e. The van der Waals surface area contributed by atoms with Gasteiger partial charge in [0.1, 0.15) is 5.82 Å². The van der Waals surface area contributed by atoms with Gasteiger partial charge in [-0.05, 0) is 67.7 Å². The maximum absolute atomic E-state index is 4.49. The Morgan fingerprint density at radius 3 is 2.67 bits per heavy atom. The van der Waals surface area contributed by atoms with Gasteiger partial charge < -0.3 is 10.3 Å². The SMILES string of the molecule is CCNC(Cc1ncc[nH]1)C12CC3CC(CC(C)(C3)C1)C2. The summed E-state index contributed by atoms with van der Waals surface area (Å²) in [7, 11) is 0. The predicted molar refractivity (Wildman–Crippen MR) is 85.0 cm³/mol. The van der Waals surface area contributed by atoms with E-state index in [1.54, 1.807) is 0 Å². The molecule has 3 nitrogen and oxygen atoms in total. The molecule has 0 amide bonds. The Bertz CT molecular complexity index is 479. The molecular formula is C18H29N3. The number of rotatable bonds is 5. The van der Waals surface area contributed by atoms with Gasteiger partial charge in [0.2, 0.25) is 0 Å². The van der Waals surface area contributed by atoms with Gasteiger partial charge in [-0.15, -0.1) is 0 Å². The second-order valence-electron chi connectivity index (χ2n) is 8.48. The first-order chi connectivity index (χ1) is 10.1. The topological polar surface area (TPSA) is 40.7 Å². The fourth-order valence-corrected chi connectivity index (χ4v) is 6.56. The zero-order valence-electron chi connectivity index (χ0n) is 13.5. The average molecular weight is 287 g/mol. The van der Waals surface area contributed by atoms with Crippen molar-refractivity contribution in [2.75, 3.05) is 6.54 Å². The van der Waals surface area contributed by atoms with Crippen LogP contribution in [0.25, 0.3) is 0 Å². The zero-order valence-corrected chi connectivity index (χ0v) is 13.5. The van der Waals surface area contributed by atoms with Crippen molar-refractivity contribution in [1.29, 1.82) is 0 Å². The Kier molecular flexibility index (Phi) is 3.18. The molecule has 0 aromatic carbocycles. The lowest BCUT2D eigenvalue weighted by atomic mass is 9.43. The van der Waals surface area contributed by atoms with Crippen LogP contribution in [-0.2, 0) is 6.42 Å². The van der Waals surface area contributed by atoms with E-state index in [-0.39, 0.29) is 0 Å². The zero-order chi connectivity index (χ0) is 14.5. The smallest absolute Gasteiger partial charge is 0.107 e. The molecule has 4 aliphatic carbocycles. The highest BCUT2D eigenvalue weighted by atomic mass is 15.0. The van der Waals surface area contributed by atoms with E-state index in [9.17, 15) is 0 Å². The van der Waals surface area contributed by atoms with Gasteiger partial charge in [0.25, 0.3) is 0 Å². The highest BCUT2D eigenvalue weighted by Crippen LogP contribution is 2.66. The molecule has 4 bridgehead atoms. The minimum absolute atomic E-state index is 0.529. The number of hydrogen-bond acceptors (Lipinski definition) is 2. The molecule has 0 saturated heterocycles. The molecular weight excluding hydrogens is 258 g/mol. The van der Waals surface area contributed by atoms with Crippen molar-refractivity contribution in [3.8, 4) is 0 Å². The molecule has 0 radical (unpaired) electrons. The average Bonchev–Trinajstić information content (AvgIpc) is 2.88. The van der Waals surface area contributed by atoms with E-state index in [0.29, 0.717) is 16.9 Å². The summed E-state index contributed by atoms with van der Waals surface area (Å²) >= 11 is 0. The van der Waals surface area contributed by atoms with Crippen molar-refractivity contribution >= 4 is 0 Å². The van der Waals surface area contributed by atoms with E-state index in [0.717, 1.165) is 30.6 Å². The molecule has 4 aliphatic rings. The van der Waals surface area contributed by atoms with Crippen LogP contribution >= 0.6 is 0 Å². The molecule has 0 aliphatic heterocycles. The molecule has 4 fully saturated rings. The minimum atomic E-state index is 0.529. The molecule has 1 heterocycles. The van der Waals surface area contributed by atoms with Crippen LogP contribution in [0.4, 0.5) is 0 Å². The van der Waals surface area contributed by atoms with E-state index in [4.69, 9.17) is 0 Å². The van der Waals surface area contributed by atoms with Crippen LogP contribution in [0.3, 0.4) is 0 Å². The Morgan fingerprint density at radius 2 is 2.10 bits per heavy atom. The fraction of sp³-hybridized carbons (Fsp3) is 0.833.